The molecule has 2 rings (SSSR count). The van der Waals surface area contributed by atoms with Gasteiger partial charge in [-0.2, -0.15) is 0 Å². The van der Waals surface area contributed by atoms with Gasteiger partial charge in [0.1, 0.15) is 5.75 Å². The molecule has 13 heavy (non-hydrogen) atoms. The van der Waals surface area contributed by atoms with Crippen LogP contribution in [0.3, 0.4) is 0 Å². The third-order valence-corrected chi connectivity index (χ3v) is 2.13. The number of hydrogen-bond acceptors (Lipinski definition) is 2. The fourth-order valence-corrected chi connectivity index (χ4v) is 1.58. The molecule has 66 valence electrons. The zero-order chi connectivity index (χ0) is 9.42. The van der Waals surface area contributed by atoms with Crippen molar-refractivity contribution in [2.24, 2.45) is 0 Å². The number of rotatable bonds is 0. The second-order valence-electron chi connectivity index (χ2n) is 3.23. The van der Waals surface area contributed by atoms with Crippen LogP contribution in [0.25, 0.3) is 10.8 Å². The molecule has 0 aliphatic heterocycles. The van der Waals surface area contributed by atoms with Gasteiger partial charge in [0, 0.05) is 11.1 Å². The van der Waals surface area contributed by atoms with Crippen molar-refractivity contribution in [3.8, 4) is 5.75 Å². The van der Waals surface area contributed by atoms with E-state index in [9.17, 15) is 5.11 Å². The van der Waals surface area contributed by atoms with Gasteiger partial charge in [0.05, 0.1) is 0 Å². The van der Waals surface area contributed by atoms with Crippen LogP contribution in [-0.4, -0.2) is 5.11 Å². The molecule has 2 nitrogen and oxygen atoms in total. The smallest absolute Gasteiger partial charge is 0.125 e. The summed E-state index contributed by atoms with van der Waals surface area (Å²) in [4.78, 5) is 0. The maximum absolute atomic E-state index is 9.65. The summed E-state index contributed by atoms with van der Waals surface area (Å²) in [5.74, 6) is 0.258. The molecule has 0 amide bonds. The lowest BCUT2D eigenvalue weighted by atomic mass is 10.1. The van der Waals surface area contributed by atoms with Gasteiger partial charge in [-0.05, 0) is 30.0 Å². The van der Waals surface area contributed by atoms with Crippen LogP contribution in [0.5, 0.6) is 5.75 Å². The number of phenols is 1. The minimum absolute atomic E-state index is 0.258. The van der Waals surface area contributed by atoms with Gasteiger partial charge in [-0.3, -0.25) is 0 Å². The quantitative estimate of drug-likeness (QED) is 0.601. The minimum Gasteiger partial charge on any atom is -0.507 e. The lowest BCUT2D eigenvalue weighted by molar-refractivity contribution is 0.481. The SMILES string of the molecule is Cc1cc(O)c2c(N)cccc2c1. The van der Waals surface area contributed by atoms with Crippen molar-refractivity contribution < 1.29 is 5.11 Å². The fraction of sp³-hybridized carbons (Fsp3) is 0.0909. The molecular weight excluding hydrogens is 162 g/mol. The summed E-state index contributed by atoms with van der Waals surface area (Å²) in [6.07, 6.45) is 0. The first-order valence-electron chi connectivity index (χ1n) is 4.16. The highest BCUT2D eigenvalue weighted by molar-refractivity contribution is 5.97. The summed E-state index contributed by atoms with van der Waals surface area (Å²) in [6.45, 7) is 1.95. The third kappa shape index (κ3) is 1.20. The van der Waals surface area contributed by atoms with E-state index in [0.29, 0.717) is 5.69 Å². The van der Waals surface area contributed by atoms with Crippen molar-refractivity contribution in [3.63, 3.8) is 0 Å². The zero-order valence-corrected chi connectivity index (χ0v) is 7.41. The maximum Gasteiger partial charge on any atom is 0.125 e. The zero-order valence-electron chi connectivity index (χ0n) is 7.41. The molecule has 0 unspecified atom stereocenters. The molecule has 0 atom stereocenters. The average Bonchev–Trinajstić information content (AvgIpc) is 2.02. The number of aryl methyl sites for hydroxylation is 1. The Hall–Kier alpha value is -1.70. The minimum atomic E-state index is 0.258. The van der Waals surface area contributed by atoms with Crippen LogP contribution in [0.1, 0.15) is 5.56 Å². The average molecular weight is 173 g/mol. The largest absolute Gasteiger partial charge is 0.507 e. The van der Waals surface area contributed by atoms with Crippen molar-refractivity contribution in [2.75, 3.05) is 5.73 Å². The number of phenolic OH excluding ortho intramolecular Hbond substituents is 1. The lowest BCUT2D eigenvalue weighted by Crippen LogP contribution is -1.87. The monoisotopic (exact) mass is 173 g/mol. The van der Waals surface area contributed by atoms with E-state index in [4.69, 9.17) is 5.73 Å². The Balaban J connectivity index is 2.94. The molecule has 0 aliphatic rings. The van der Waals surface area contributed by atoms with Crippen molar-refractivity contribution in [2.45, 2.75) is 6.92 Å². The Morgan fingerprint density at radius 1 is 1.23 bits per heavy atom. The molecule has 0 saturated carbocycles. The summed E-state index contributed by atoms with van der Waals surface area (Å²) in [5.41, 5.74) is 7.41. The van der Waals surface area contributed by atoms with Gasteiger partial charge >= 0.3 is 0 Å². The number of aromatic hydroxyl groups is 1. The molecule has 2 aromatic rings. The van der Waals surface area contributed by atoms with Crippen LogP contribution >= 0.6 is 0 Å². The molecule has 0 aromatic heterocycles. The van der Waals surface area contributed by atoms with Crippen LogP contribution in [0, 0.1) is 6.92 Å². The topological polar surface area (TPSA) is 46.2 Å². The van der Waals surface area contributed by atoms with Gasteiger partial charge < -0.3 is 10.8 Å². The molecule has 0 bridgehead atoms. The lowest BCUT2D eigenvalue weighted by Gasteiger charge is -2.05. The number of fused-ring (bicyclic) bond motifs is 1. The van der Waals surface area contributed by atoms with Gasteiger partial charge in [0.15, 0.2) is 0 Å². The molecular formula is C11H11NO. The van der Waals surface area contributed by atoms with E-state index >= 15 is 0 Å². The summed E-state index contributed by atoms with van der Waals surface area (Å²) < 4.78 is 0. The van der Waals surface area contributed by atoms with Crippen molar-refractivity contribution in [3.05, 3.63) is 35.9 Å². The number of benzene rings is 2. The Morgan fingerprint density at radius 3 is 2.77 bits per heavy atom. The predicted octanol–water partition coefficient (Wildman–Crippen LogP) is 2.44. The number of nitrogens with two attached hydrogens (primary N) is 1. The second kappa shape index (κ2) is 2.66. The van der Waals surface area contributed by atoms with Crippen LogP contribution < -0.4 is 5.73 Å². The van der Waals surface area contributed by atoms with E-state index < -0.39 is 0 Å². The van der Waals surface area contributed by atoms with E-state index in [-0.39, 0.29) is 5.75 Å². The van der Waals surface area contributed by atoms with E-state index in [1.54, 1.807) is 12.1 Å². The molecule has 0 heterocycles. The molecule has 3 N–H and O–H groups in total. The highest BCUT2D eigenvalue weighted by Gasteiger charge is 2.03. The van der Waals surface area contributed by atoms with Gasteiger partial charge in [-0.1, -0.05) is 18.2 Å². The maximum atomic E-state index is 9.65. The first kappa shape index (κ1) is 7.92. The van der Waals surface area contributed by atoms with Gasteiger partial charge in [0.2, 0.25) is 0 Å². The Bertz CT molecular complexity index is 463. The summed E-state index contributed by atoms with van der Waals surface area (Å²) in [5, 5.41) is 11.4. The first-order valence-corrected chi connectivity index (χ1v) is 4.16. The summed E-state index contributed by atoms with van der Waals surface area (Å²) in [7, 11) is 0. The van der Waals surface area contributed by atoms with Crippen LogP contribution in [0.15, 0.2) is 30.3 Å². The van der Waals surface area contributed by atoms with Crippen LogP contribution in [0.4, 0.5) is 5.69 Å². The predicted molar refractivity (Wildman–Crippen MR) is 54.8 cm³/mol. The Kier molecular flexibility index (Phi) is 1.62. The van der Waals surface area contributed by atoms with Gasteiger partial charge in [0.25, 0.3) is 0 Å². The summed E-state index contributed by atoms with van der Waals surface area (Å²) in [6, 6.07) is 9.34. The van der Waals surface area contributed by atoms with Gasteiger partial charge in [-0.25, -0.2) is 0 Å². The number of anilines is 1. The first-order chi connectivity index (χ1) is 6.18. The normalized spacial score (nSPS) is 10.5. The second-order valence-corrected chi connectivity index (χ2v) is 3.23. The van der Waals surface area contributed by atoms with Gasteiger partial charge in [-0.15, -0.1) is 0 Å². The van der Waals surface area contributed by atoms with E-state index in [1.807, 2.05) is 25.1 Å². The molecule has 2 aromatic carbocycles. The van der Waals surface area contributed by atoms with Crippen molar-refractivity contribution in [1.29, 1.82) is 0 Å². The molecule has 0 spiro atoms. The Labute approximate surface area is 76.6 Å². The molecule has 0 saturated heterocycles. The highest BCUT2D eigenvalue weighted by Crippen LogP contribution is 2.30. The number of hydrogen-bond donors (Lipinski definition) is 2. The van der Waals surface area contributed by atoms with E-state index in [0.717, 1.165) is 16.3 Å². The molecule has 2 heteroatoms. The third-order valence-electron chi connectivity index (χ3n) is 2.13. The standard InChI is InChI=1S/C11H11NO/c1-7-5-8-3-2-4-9(12)11(8)10(13)6-7/h2-6,13H,12H2,1H3. The highest BCUT2D eigenvalue weighted by atomic mass is 16.3. The van der Waals surface area contributed by atoms with Crippen molar-refractivity contribution in [1.82, 2.24) is 0 Å². The molecule has 0 aliphatic carbocycles. The fourth-order valence-electron chi connectivity index (χ4n) is 1.58. The summed E-state index contributed by atoms with van der Waals surface area (Å²) >= 11 is 0. The Morgan fingerprint density at radius 2 is 2.00 bits per heavy atom. The molecule has 0 fully saturated rings. The number of nitrogen functional groups attached to an aromatic ring is 1. The van der Waals surface area contributed by atoms with E-state index in [2.05, 4.69) is 0 Å². The van der Waals surface area contributed by atoms with Crippen LogP contribution in [-0.2, 0) is 0 Å². The molecule has 0 radical (unpaired) electrons. The van der Waals surface area contributed by atoms with E-state index in [1.165, 1.54) is 0 Å². The van der Waals surface area contributed by atoms with Crippen LogP contribution in [0.2, 0.25) is 0 Å². The van der Waals surface area contributed by atoms with Crippen molar-refractivity contribution >= 4 is 16.5 Å².